The zero-order valence-electron chi connectivity index (χ0n) is 17.6. The minimum absolute atomic E-state index is 0.0646. The van der Waals surface area contributed by atoms with Crippen molar-refractivity contribution in [2.24, 2.45) is 0 Å². The van der Waals surface area contributed by atoms with Crippen LogP contribution in [0.5, 0.6) is 0 Å². The van der Waals surface area contributed by atoms with Gasteiger partial charge in [-0.1, -0.05) is 81.5 Å². The summed E-state index contributed by atoms with van der Waals surface area (Å²) in [5, 5.41) is 3.05. The number of imidazole rings is 1. The van der Waals surface area contributed by atoms with E-state index in [-0.39, 0.29) is 5.91 Å². The highest BCUT2D eigenvalue weighted by Gasteiger charge is 2.11. The molecule has 3 aromatic rings. The Morgan fingerprint density at radius 1 is 0.931 bits per heavy atom. The van der Waals surface area contributed by atoms with Gasteiger partial charge in [-0.25, -0.2) is 4.98 Å². The lowest BCUT2D eigenvalue weighted by atomic mass is 10.1. The maximum atomic E-state index is 12.2. The number of rotatable bonds is 12. The number of aromatic nitrogens is 2. The van der Waals surface area contributed by atoms with Crippen molar-refractivity contribution in [3.05, 3.63) is 66.0 Å². The molecular weight excluding hydrogens is 358 g/mol. The van der Waals surface area contributed by atoms with Crippen molar-refractivity contribution in [3.8, 4) is 0 Å². The summed E-state index contributed by atoms with van der Waals surface area (Å²) >= 11 is 0. The Kier molecular flexibility index (Phi) is 8.29. The largest absolute Gasteiger partial charge is 0.355 e. The van der Waals surface area contributed by atoms with E-state index in [0.29, 0.717) is 13.0 Å². The molecule has 1 amide bonds. The molecule has 1 heterocycles. The van der Waals surface area contributed by atoms with Crippen LogP contribution in [0, 0.1) is 0 Å². The minimum atomic E-state index is 0.0646. The number of nitrogens with zero attached hydrogens (tertiary/aromatic N) is 2. The molecule has 0 saturated carbocycles. The van der Waals surface area contributed by atoms with Gasteiger partial charge in [-0.2, -0.15) is 0 Å². The molecule has 0 fully saturated rings. The second-order valence-electron chi connectivity index (χ2n) is 7.70. The smallest absolute Gasteiger partial charge is 0.224 e. The molecular formula is C25H33N3O. The average molecular weight is 392 g/mol. The molecule has 0 atom stereocenters. The molecule has 0 radical (unpaired) electrons. The number of amides is 1. The van der Waals surface area contributed by atoms with E-state index in [9.17, 15) is 4.79 Å². The Hall–Kier alpha value is -2.62. The standard InChI is InChI=1S/C25H33N3O/c1-2-3-4-5-6-12-19-28-23-16-11-10-15-22(23)27-24(28)17-18-26-25(29)20-21-13-8-7-9-14-21/h7-11,13-16H,2-6,12,17-20H2,1H3,(H,26,29). The molecule has 29 heavy (non-hydrogen) atoms. The minimum Gasteiger partial charge on any atom is -0.355 e. The molecule has 0 aliphatic carbocycles. The van der Waals surface area contributed by atoms with Crippen molar-refractivity contribution < 1.29 is 4.79 Å². The SMILES string of the molecule is CCCCCCCCn1c(CCNC(=O)Cc2ccccc2)nc2ccccc21. The van der Waals surface area contributed by atoms with Crippen LogP contribution in [0.3, 0.4) is 0 Å². The monoisotopic (exact) mass is 391 g/mol. The quantitative estimate of drug-likeness (QED) is 0.426. The number of unbranched alkanes of at least 4 members (excludes halogenated alkanes) is 5. The van der Waals surface area contributed by atoms with Gasteiger partial charge in [0, 0.05) is 19.5 Å². The first kappa shape index (κ1) is 21.1. The number of para-hydroxylation sites is 2. The molecule has 0 aliphatic heterocycles. The zero-order valence-corrected chi connectivity index (χ0v) is 17.6. The molecule has 0 saturated heterocycles. The van der Waals surface area contributed by atoms with Gasteiger partial charge in [-0.15, -0.1) is 0 Å². The molecule has 4 nitrogen and oxygen atoms in total. The van der Waals surface area contributed by atoms with Gasteiger partial charge in [0.2, 0.25) is 5.91 Å². The van der Waals surface area contributed by atoms with Crippen molar-refractivity contribution in [2.45, 2.75) is 64.8 Å². The summed E-state index contributed by atoms with van der Waals surface area (Å²) in [6.07, 6.45) is 8.89. The van der Waals surface area contributed by atoms with Crippen molar-refractivity contribution in [3.63, 3.8) is 0 Å². The molecule has 154 valence electrons. The van der Waals surface area contributed by atoms with E-state index < -0.39 is 0 Å². The summed E-state index contributed by atoms with van der Waals surface area (Å²) in [6, 6.07) is 18.2. The highest BCUT2D eigenvalue weighted by molar-refractivity contribution is 5.78. The molecule has 0 aliphatic rings. The lowest BCUT2D eigenvalue weighted by molar-refractivity contribution is -0.120. The predicted molar refractivity (Wildman–Crippen MR) is 120 cm³/mol. The fourth-order valence-corrected chi connectivity index (χ4v) is 3.77. The highest BCUT2D eigenvalue weighted by Crippen LogP contribution is 2.18. The number of fused-ring (bicyclic) bond motifs is 1. The number of carbonyl (C=O) groups excluding carboxylic acids is 1. The summed E-state index contributed by atoms with van der Waals surface area (Å²) in [4.78, 5) is 17.1. The zero-order chi connectivity index (χ0) is 20.3. The maximum absolute atomic E-state index is 12.2. The number of carbonyl (C=O) groups is 1. The van der Waals surface area contributed by atoms with Crippen LogP contribution in [-0.4, -0.2) is 22.0 Å². The van der Waals surface area contributed by atoms with Gasteiger partial charge in [-0.3, -0.25) is 4.79 Å². The van der Waals surface area contributed by atoms with Crippen molar-refractivity contribution in [1.82, 2.24) is 14.9 Å². The number of aryl methyl sites for hydroxylation is 1. The van der Waals surface area contributed by atoms with Crippen LogP contribution in [-0.2, 0) is 24.2 Å². The first-order valence-electron chi connectivity index (χ1n) is 11.0. The highest BCUT2D eigenvalue weighted by atomic mass is 16.1. The van der Waals surface area contributed by atoms with Gasteiger partial charge >= 0.3 is 0 Å². The van der Waals surface area contributed by atoms with Crippen molar-refractivity contribution in [1.29, 1.82) is 0 Å². The van der Waals surface area contributed by atoms with Gasteiger partial charge < -0.3 is 9.88 Å². The van der Waals surface area contributed by atoms with E-state index in [1.807, 2.05) is 36.4 Å². The van der Waals surface area contributed by atoms with Gasteiger partial charge in [0.1, 0.15) is 5.82 Å². The average Bonchev–Trinajstić information content (AvgIpc) is 3.09. The lowest BCUT2D eigenvalue weighted by Gasteiger charge is -2.10. The number of nitrogens with one attached hydrogen (secondary N) is 1. The predicted octanol–water partition coefficient (Wildman–Crippen LogP) is 5.30. The van der Waals surface area contributed by atoms with Crippen LogP contribution < -0.4 is 5.32 Å². The molecule has 1 aromatic heterocycles. The van der Waals surface area contributed by atoms with E-state index >= 15 is 0 Å². The third-order valence-electron chi connectivity index (χ3n) is 5.35. The molecule has 4 heteroatoms. The van der Waals surface area contributed by atoms with Gasteiger partial charge in [0.25, 0.3) is 0 Å². The second-order valence-corrected chi connectivity index (χ2v) is 7.70. The Morgan fingerprint density at radius 3 is 2.48 bits per heavy atom. The van der Waals surface area contributed by atoms with Crippen LogP contribution in [0.4, 0.5) is 0 Å². The van der Waals surface area contributed by atoms with Gasteiger partial charge in [0.15, 0.2) is 0 Å². The van der Waals surface area contributed by atoms with Crippen LogP contribution in [0.1, 0.15) is 56.8 Å². The summed E-state index contributed by atoms with van der Waals surface area (Å²) < 4.78 is 2.35. The number of benzene rings is 2. The lowest BCUT2D eigenvalue weighted by Crippen LogP contribution is -2.28. The Morgan fingerprint density at radius 2 is 1.66 bits per heavy atom. The van der Waals surface area contributed by atoms with Crippen LogP contribution in [0.25, 0.3) is 11.0 Å². The third-order valence-corrected chi connectivity index (χ3v) is 5.35. The second kappa shape index (κ2) is 11.4. The Balaban J connectivity index is 1.54. The molecule has 3 rings (SSSR count). The van der Waals surface area contributed by atoms with E-state index in [2.05, 4.69) is 35.0 Å². The molecule has 0 spiro atoms. The van der Waals surface area contributed by atoms with E-state index in [4.69, 9.17) is 4.98 Å². The third kappa shape index (κ3) is 6.45. The molecule has 0 unspecified atom stereocenters. The summed E-state index contributed by atoms with van der Waals surface area (Å²) in [5.74, 6) is 1.13. The van der Waals surface area contributed by atoms with Gasteiger partial charge in [0.05, 0.1) is 17.5 Å². The fraction of sp³-hybridized carbons (Fsp3) is 0.440. The van der Waals surface area contributed by atoms with Crippen LogP contribution in [0.2, 0.25) is 0 Å². The normalized spacial score (nSPS) is 11.1. The Bertz CT molecular complexity index is 885. The number of hydrogen-bond donors (Lipinski definition) is 1. The summed E-state index contributed by atoms with van der Waals surface area (Å²) in [7, 11) is 0. The summed E-state index contributed by atoms with van der Waals surface area (Å²) in [6.45, 7) is 3.87. The molecule has 1 N–H and O–H groups in total. The van der Waals surface area contributed by atoms with Crippen molar-refractivity contribution in [2.75, 3.05) is 6.54 Å². The Labute approximate surface area is 174 Å². The molecule has 2 aromatic carbocycles. The van der Waals surface area contributed by atoms with Crippen LogP contribution >= 0.6 is 0 Å². The maximum Gasteiger partial charge on any atom is 0.224 e. The van der Waals surface area contributed by atoms with Gasteiger partial charge in [-0.05, 0) is 24.1 Å². The van der Waals surface area contributed by atoms with E-state index in [0.717, 1.165) is 29.9 Å². The number of hydrogen-bond acceptors (Lipinski definition) is 2. The topological polar surface area (TPSA) is 46.9 Å². The van der Waals surface area contributed by atoms with E-state index in [1.165, 1.54) is 44.0 Å². The first-order chi connectivity index (χ1) is 14.3. The first-order valence-corrected chi connectivity index (χ1v) is 11.0. The van der Waals surface area contributed by atoms with Crippen LogP contribution in [0.15, 0.2) is 54.6 Å². The summed E-state index contributed by atoms with van der Waals surface area (Å²) in [5.41, 5.74) is 3.29. The van der Waals surface area contributed by atoms with Crippen molar-refractivity contribution >= 4 is 16.9 Å². The molecule has 0 bridgehead atoms. The van der Waals surface area contributed by atoms with E-state index in [1.54, 1.807) is 0 Å². The fourth-order valence-electron chi connectivity index (χ4n) is 3.77.